The molecule has 0 saturated heterocycles. The molecule has 116 valence electrons. The molecule has 2 atom stereocenters. The highest BCUT2D eigenvalue weighted by atomic mass is 16.5. The Labute approximate surface area is 126 Å². The van der Waals surface area contributed by atoms with E-state index < -0.39 is 18.1 Å². The third kappa shape index (κ3) is 4.56. The number of ether oxygens (including phenoxy) is 1. The molecule has 5 heteroatoms. The quantitative estimate of drug-likeness (QED) is 0.776. The van der Waals surface area contributed by atoms with Gasteiger partial charge in [-0.3, -0.25) is 4.79 Å². The SMILES string of the molecule is CC[C@H](C(=O)OC)N(Cc1ccccc1)C(=O)[C@@H](N)CC. The zero-order chi connectivity index (χ0) is 15.8. The van der Waals surface area contributed by atoms with Crippen molar-refractivity contribution < 1.29 is 14.3 Å². The summed E-state index contributed by atoms with van der Waals surface area (Å²) in [6, 6.07) is 8.33. The highest BCUT2D eigenvalue weighted by molar-refractivity contribution is 5.87. The van der Waals surface area contributed by atoms with E-state index in [2.05, 4.69) is 0 Å². The molecular weight excluding hydrogens is 268 g/mol. The van der Waals surface area contributed by atoms with Gasteiger partial charge >= 0.3 is 5.97 Å². The van der Waals surface area contributed by atoms with Crippen LogP contribution in [0, 0.1) is 0 Å². The average molecular weight is 292 g/mol. The van der Waals surface area contributed by atoms with Gasteiger partial charge in [0.15, 0.2) is 0 Å². The van der Waals surface area contributed by atoms with Crippen LogP contribution in [0.2, 0.25) is 0 Å². The lowest BCUT2D eigenvalue weighted by Gasteiger charge is -2.31. The molecule has 1 aromatic carbocycles. The molecule has 1 rings (SSSR count). The summed E-state index contributed by atoms with van der Waals surface area (Å²) in [6.07, 6.45) is 1.02. The Balaban J connectivity index is 3.03. The molecule has 0 saturated carbocycles. The number of hydrogen-bond donors (Lipinski definition) is 1. The standard InChI is InChI=1S/C16H24N2O3/c1-4-13(17)15(19)18(14(5-2)16(20)21-3)11-12-9-7-6-8-10-12/h6-10,13-14H,4-5,11,17H2,1-3H3/t13-,14+/m0/s1. The highest BCUT2D eigenvalue weighted by Gasteiger charge is 2.31. The summed E-state index contributed by atoms with van der Waals surface area (Å²) in [5.74, 6) is -0.635. The van der Waals surface area contributed by atoms with Crippen LogP contribution < -0.4 is 5.73 Å². The van der Waals surface area contributed by atoms with E-state index in [1.807, 2.05) is 44.2 Å². The van der Waals surface area contributed by atoms with Gasteiger partial charge in [0, 0.05) is 6.54 Å². The van der Waals surface area contributed by atoms with Crippen molar-refractivity contribution in [2.24, 2.45) is 5.73 Å². The van der Waals surface area contributed by atoms with E-state index in [0.717, 1.165) is 5.56 Å². The Hall–Kier alpha value is -1.88. The number of nitrogens with two attached hydrogens (primary N) is 1. The number of carbonyl (C=O) groups is 2. The van der Waals surface area contributed by atoms with E-state index in [9.17, 15) is 9.59 Å². The van der Waals surface area contributed by atoms with Crippen LogP contribution >= 0.6 is 0 Å². The third-order valence-electron chi connectivity index (χ3n) is 3.47. The van der Waals surface area contributed by atoms with E-state index in [4.69, 9.17) is 10.5 Å². The Morgan fingerprint density at radius 2 is 1.81 bits per heavy atom. The molecule has 0 radical (unpaired) electrons. The van der Waals surface area contributed by atoms with Crippen molar-refractivity contribution in [3.8, 4) is 0 Å². The zero-order valence-electron chi connectivity index (χ0n) is 12.9. The van der Waals surface area contributed by atoms with Gasteiger partial charge in [0.1, 0.15) is 6.04 Å². The van der Waals surface area contributed by atoms with Crippen molar-refractivity contribution in [3.05, 3.63) is 35.9 Å². The van der Waals surface area contributed by atoms with Crippen molar-refractivity contribution in [1.82, 2.24) is 4.90 Å². The maximum absolute atomic E-state index is 12.5. The molecule has 5 nitrogen and oxygen atoms in total. The fourth-order valence-electron chi connectivity index (χ4n) is 2.16. The van der Waals surface area contributed by atoms with Crippen LogP contribution in [0.5, 0.6) is 0 Å². The summed E-state index contributed by atoms with van der Waals surface area (Å²) in [7, 11) is 1.33. The number of nitrogens with zero attached hydrogens (tertiary/aromatic N) is 1. The van der Waals surface area contributed by atoms with E-state index in [1.54, 1.807) is 0 Å². The Morgan fingerprint density at radius 1 is 1.19 bits per heavy atom. The predicted octanol–water partition coefficient (Wildman–Crippen LogP) is 1.70. The lowest BCUT2D eigenvalue weighted by atomic mass is 10.1. The summed E-state index contributed by atoms with van der Waals surface area (Å²) in [6.45, 7) is 4.05. The van der Waals surface area contributed by atoms with Crippen molar-refractivity contribution >= 4 is 11.9 Å². The minimum atomic E-state index is -0.611. The number of carbonyl (C=O) groups excluding carboxylic acids is 2. The van der Waals surface area contributed by atoms with Crippen LogP contribution in [0.4, 0.5) is 0 Å². The largest absolute Gasteiger partial charge is 0.467 e. The van der Waals surface area contributed by atoms with E-state index in [-0.39, 0.29) is 5.91 Å². The number of amides is 1. The molecule has 0 aliphatic rings. The van der Waals surface area contributed by atoms with Crippen molar-refractivity contribution in [3.63, 3.8) is 0 Å². The van der Waals surface area contributed by atoms with Crippen LogP contribution in [-0.2, 0) is 20.9 Å². The van der Waals surface area contributed by atoms with Crippen molar-refractivity contribution in [2.75, 3.05) is 7.11 Å². The fourth-order valence-corrected chi connectivity index (χ4v) is 2.16. The number of rotatable bonds is 7. The monoisotopic (exact) mass is 292 g/mol. The second-order valence-corrected chi connectivity index (χ2v) is 4.91. The lowest BCUT2D eigenvalue weighted by molar-refractivity contribution is -0.154. The maximum Gasteiger partial charge on any atom is 0.328 e. The topological polar surface area (TPSA) is 72.6 Å². The molecule has 0 unspecified atom stereocenters. The molecule has 2 N–H and O–H groups in total. The van der Waals surface area contributed by atoms with Gasteiger partial charge in [0.25, 0.3) is 0 Å². The van der Waals surface area contributed by atoms with Gasteiger partial charge in [-0.1, -0.05) is 44.2 Å². The van der Waals surface area contributed by atoms with Gasteiger partial charge in [0.05, 0.1) is 13.2 Å². The first-order chi connectivity index (χ1) is 10.0. The van der Waals surface area contributed by atoms with Gasteiger partial charge < -0.3 is 15.4 Å². The molecule has 0 aliphatic carbocycles. The minimum Gasteiger partial charge on any atom is -0.467 e. The molecule has 1 amide bonds. The molecule has 0 bridgehead atoms. The number of hydrogen-bond acceptors (Lipinski definition) is 4. The highest BCUT2D eigenvalue weighted by Crippen LogP contribution is 2.14. The van der Waals surface area contributed by atoms with E-state index >= 15 is 0 Å². The van der Waals surface area contributed by atoms with Gasteiger partial charge in [-0.2, -0.15) is 0 Å². The molecule has 0 aromatic heterocycles. The Kier molecular flexibility index (Phi) is 6.88. The number of benzene rings is 1. The molecule has 0 fully saturated rings. The summed E-state index contributed by atoms with van der Waals surface area (Å²) in [4.78, 5) is 25.9. The summed E-state index contributed by atoms with van der Waals surface area (Å²) in [5.41, 5.74) is 6.82. The van der Waals surface area contributed by atoms with Crippen molar-refractivity contribution in [2.45, 2.75) is 45.3 Å². The molecule has 1 aromatic rings. The minimum absolute atomic E-state index is 0.224. The number of methoxy groups -OCH3 is 1. The van der Waals surface area contributed by atoms with Gasteiger partial charge in [0.2, 0.25) is 5.91 Å². The van der Waals surface area contributed by atoms with Crippen LogP contribution in [0.1, 0.15) is 32.3 Å². The Morgan fingerprint density at radius 3 is 2.29 bits per heavy atom. The second-order valence-electron chi connectivity index (χ2n) is 4.91. The lowest BCUT2D eigenvalue weighted by Crippen LogP contribution is -2.51. The third-order valence-corrected chi connectivity index (χ3v) is 3.47. The molecular formula is C16H24N2O3. The maximum atomic E-state index is 12.5. The van der Waals surface area contributed by atoms with Gasteiger partial charge in [-0.25, -0.2) is 4.79 Å². The van der Waals surface area contributed by atoms with Gasteiger partial charge in [-0.15, -0.1) is 0 Å². The first kappa shape index (κ1) is 17.2. The zero-order valence-corrected chi connectivity index (χ0v) is 12.9. The smallest absolute Gasteiger partial charge is 0.328 e. The van der Waals surface area contributed by atoms with E-state index in [0.29, 0.717) is 19.4 Å². The van der Waals surface area contributed by atoms with Crippen LogP contribution in [0.25, 0.3) is 0 Å². The first-order valence-corrected chi connectivity index (χ1v) is 7.22. The predicted molar refractivity (Wildman–Crippen MR) is 81.4 cm³/mol. The second kappa shape index (κ2) is 8.42. The summed E-state index contributed by atoms with van der Waals surface area (Å²) < 4.78 is 4.81. The van der Waals surface area contributed by atoms with Crippen LogP contribution in [-0.4, -0.2) is 36.0 Å². The fraction of sp³-hybridized carbons (Fsp3) is 0.500. The normalized spacial score (nSPS) is 13.3. The number of esters is 1. The van der Waals surface area contributed by atoms with Gasteiger partial charge in [-0.05, 0) is 18.4 Å². The molecule has 0 heterocycles. The average Bonchev–Trinajstić information content (AvgIpc) is 2.53. The molecule has 0 aliphatic heterocycles. The van der Waals surface area contributed by atoms with Crippen LogP contribution in [0.15, 0.2) is 30.3 Å². The van der Waals surface area contributed by atoms with Crippen molar-refractivity contribution in [1.29, 1.82) is 0 Å². The molecule has 0 spiro atoms. The van der Waals surface area contributed by atoms with E-state index in [1.165, 1.54) is 12.0 Å². The van der Waals surface area contributed by atoms with Crippen LogP contribution in [0.3, 0.4) is 0 Å². The summed E-state index contributed by atoms with van der Waals surface area (Å²) in [5, 5.41) is 0. The summed E-state index contributed by atoms with van der Waals surface area (Å²) >= 11 is 0. The Bertz CT molecular complexity index is 462. The molecule has 21 heavy (non-hydrogen) atoms. The first-order valence-electron chi connectivity index (χ1n) is 7.22.